The normalized spacial score (nSPS) is 22.5. The van der Waals surface area contributed by atoms with Crippen LogP contribution in [0.2, 0.25) is 5.02 Å². The zero-order valence-corrected chi connectivity index (χ0v) is 13.8. The van der Waals surface area contributed by atoms with E-state index in [0.717, 1.165) is 26.2 Å². The average molecular weight is 348 g/mol. The minimum absolute atomic E-state index is 0. The van der Waals surface area contributed by atoms with Crippen LogP contribution in [-0.2, 0) is 0 Å². The topological polar surface area (TPSA) is 35.6 Å². The van der Waals surface area contributed by atoms with E-state index in [0.29, 0.717) is 24.7 Å². The summed E-state index contributed by atoms with van der Waals surface area (Å²) in [6.45, 7) is 5.28. The predicted molar refractivity (Wildman–Crippen MR) is 87.4 cm³/mol. The van der Waals surface area contributed by atoms with Gasteiger partial charge in [0.05, 0.1) is 10.6 Å². The Balaban J connectivity index is 0.00000176. The molecule has 1 aromatic carbocycles. The summed E-state index contributed by atoms with van der Waals surface area (Å²) in [5.74, 6) is -0.528. The minimum Gasteiger partial charge on any atom is -0.336 e. The van der Waals surface area contributed by atoms with E-state index in [2.05, 4.69) is 10.2 Å². The maximum atomic E-state index is 13.1. The number of nitrogens with one attached hydrogen (secondary N) is 1. The van der Waals surface area contributed by atoms with Gasteiger partial charge in [-0.1, -0.05) is 11.6 Å². The van der Waals surface area contributed by atoms with Gasteiger partial charge in [-0.15, -0.1) is 12.4 Å². The largest absolute Gasteiger partial charge is 0.336 e. The smallest absolute Gasteiger partial charge is 0.255 e. The van der Waals surface area contributed by atoms with E-state index >= 15 is 0 Å². The molecular weight excluding hydrogens is 328 g/mol. The first-order chi connectivity index (χ1) is 10.1. The van der Waals surface area contributed by atoms with Crippen LogP contribution in [0.1, 0.15) is 16.8 Å². The zero-order chi connectivity index (χ0) is 14.8. The fourth-order valence-corrected chi connectivity index (χ4v) is 3.32. The zero-order valence-electron chi connectivity index (χ0n) is 12.2. The molecule has 2 heterocycles. The van der Waals surface area contributed by atoms with Crippen LogP contribution in [-0.4, -0.2) is 61.0 Å². The Morgan fingerprint density at radius 3 is 2.59 bits per heavy atom. The number of hydrogen-bond donors (Lipinski definition) is 1. The van der Waals surface area contributed by atoms with Gasteiger partial charge in [0, 0.05) is 38.8 Å². The van der Waals surface area contributed by atoms with Gasteiger partial charge in [0.2, 0.25) is 0 Å². The number of benzene rings is 1. The molecule has 2 aliphatic heterocycles. The highest BCUT2D eigenvalue weighted by molar-refractivity contribution is 6.33. The van der Waals surface area contributed by atoms with Crippen LogP contribution in [0.4, 0.5) is 4.39 Å². The number of nitrogens with zero attached hydrogens (tertiary/aromatic N) is 2. The van der Waals surface area contributed by atoms with Crippen LogP contribution < -0.4 is 5.32 Å². The maximum absolute atomic E-state index is 13.1. The third-order valence-corrected chi connectivity index (χ3v) is 4.63. The first-order valence-corrected chi connectivity index (χ1v) is 7.72. The second-order valence-corrected chi connectivity index (χ2v) is 6.01. The third kappa shape index (κ3) is 3.71. The van der Waals surface area contributed by atoms with E-state index in [-0.39, 0.29) is 23.3 Å². The lowest BCUT2D eigenvalue weighted by molar-refractivity contribution is 0.0584. The van der Waals surface area contributed by atoms with Gasteiger partial charge in [-0.2, -0.15) is 0 Å². The molecule has 1 unspecified atom stereocenters. The molecule has 0 aromatic heterocycles. The van der Waals surface area contributed by atoms with Crippen LogP contribution in [0, 0.1) is 5.82 Å². The SMILES string of the molecule is Cl.O=C(c1ccc(F)cc1Cl)N1CCN(C2CCNC2)CC1. The number of halogens is 3. The molecule has 1 aromatic rings. The van der Waals surface area contributed by atoms with Crippen molar-refractivity contribution in [3.63, 3.8) is 0 Å². The first kappa shape index (κ1) is 17.5. The van der Waals surface area contributed by atoms with Crippen molar-refractivity contribution in [2.75, 3.05) is 39.3 Å². The predicted octanol–water partition coefficient (Wildman–Crippen LogP) is 2.02. The number of piperazine rings is 1. The van der Waals surface area contributed by atoms with Crippen molar-refractivity contribution in [1.29, 1.82) is 0 Å². The van der Waals surface area contributed by atoms with Crippen LogP contribution in [0.15, 0.2) is 18.2 Å². The average Bonchev–Trinajstić information content (AvgIpc) is 3.01. The summed E-state index contributed by atoms with van der Waals surface area (Å²) in [5.41, 5.74) is 0.383. The van der Waals surface area contributed by atoms with Gasteiger partial charge in [-0.05, 0) is 31.2 Å². The Labute approximate surface area is 141 Å². The van der Waals surface area contributed by atoms with Crippen LogP contribution in [0.3, 0.4) is 0 Å². The highest BCUT2D eigenvalue weighted by Gasteiger charge is 2.28. The van der Waals surface area contributed by atoms with E-state index in [1.165, 1.54) is 24.6 Å². The van der Waals surface area contributed by atoms with Gasteiger partial charge in [0.25, 0.3) is 5.91 Å². The van der Waals surface area contributed by atoms with Gasteiger partial charge in [-0.3, -0.25) is 9.69 Å². The minimum atomic E-state index is -0.421. The van der Waals surface area contributed by atoms with E-state index in [1.807, 2.05) is 0 Å². The molecular formula is C15H20Cl2FN3O. The summed E-state index contributed by atoms with van der Waals surface area (Å²) >= 11 is 5.97. The molecule has 2 fully saturated rings. The molecule has 1 N–H and O–H groups in total. The number of hydrogen-bond acceptors (Lipinski definition) is 3. The molecule has 22 heavy (non-hydrogen) atoms. The Morgan fingerprint density at radius 1 is 1.27 bits per heavy atom. The highest BCUT2D eigenvalue weighted by atomic mass is 35.5. The molecule has 0 aliphatic carbocycles. The van der Waals surface area contributed by atoms with E-state index < -0.39 is 5.82 Å². The summed E-state index contributed by atoms with van der Waals surface area (Å²) in [4.78, 5) is 16.7. The third-order valence-electron chi connectivity index (χ3n) is 4.31. The first-order valence-electron chi connectivity index (χ1n) is 7.34. The summed E-state index contributed by atoms with van der Waals surface area (Å²) in [6, 6.07) is 4.53. The van der Waals surface area contributed by atoms with E-state index in [9.17, 15) is 9.18 Å². The molecule has 2 saturated heterocycles. The number of amides is 1. The Morgan fingerprint density at radius 2 is 2.00 bits per heavy atom. The Kier molecular flexibility index (Phi) is 6.03. The van der Waals surface area contributed by atoms with Gasteiger partial charge in [0.15, 0.2) is 0 Å². The van der Waals surface area contributed by atoms with Crippen molar-refractivity contribution in [1.82, 2.24) is 15.1 Å². The molecule has 1 atom stereocenters. The number of rotatable bonds is 2. The van der Waals surface area contributed by atoms with Crippen LogP contribution in [0.5, 0.6) is 0 Å². The lowest BCUT2D eigenvalue weighted by Crippen LogP contribution is -2.52. The molecule has 3 rings (SSSR count). The maximum Gasteiger partial charge on any atom is 0.255 e. The fourth-order valence-electron chi connectivity index (χ4n) is 3.07. The van der Waals surface area contributed by atoms with Gasteiger partial charge < -0.3 is 10.2 Å². The summed E-state index contributed by atoms with van der Waals surface area (Å²) in [5, 5.41) is 3.55. The monoisotopic (exact) mass is 347 g/mol. The van der Waals surface area contributed by atoms with Crippen molar-refractivity contribution >= 4 is 29.9 Å². The molecule has 7 heteroatoms. The van der Waals surface area contributed by atoms with Crippen molar-refractivity contribution < 1.29 is 9.18 Å². The van der Waals surface area contributed by atoms with Crippen molar-refractivity contribution in [3.8, 4) is 0 Å². The molecule has 2 aliphatic rings. The number of carbonyl (C=O) groups excluding carboxylic acids is 1. The van der Waals surface area contributed by atoms with Crippen LogP contribution >= 0.6 is 24.0 Å². The van der Waals surface area contributed by atoms with Crippen LogP contribution in [0.25, 0.3) is 0 Å². The van der Waals surface area contributed by atoms with Gasteiger partial charge in [0.1, 0.15) is 5.82 Å². The van der Waals surface area contributed by atoms with Crippen molar-refractivity contribution in [2.24, 2.45) is 0 Å². The van der Waals surface area contributed by atoms with Crippen molar-refractivity contribution in [3.05, 3.63) is 34.6 Å². The quantitative estimate of drug-likeness (QED) is 0.888. The summed E-state index contributed by atoms with van der Waals surface area (Å²) in [7, 11) is 0. The number of carbonyl (C=O) groups is 1. The van der Waals surface area contributed by atoms with E-state index in [4.69, 9.17) is 11.6 Å². The second kappa shape index (κ2) is 7.59. The Bertz CT molecular complexity index is 530. The van der Waals surface area contributed by atoms with E-state index in [1.54, 1.807) is 4.90 Å². The summed E-state index contributed by atoms with van der Waals surface area (Å²) in [6.07, 6.45) is 1.18. The van der Waals surface area contributed by atoms with Gasteiger partial charge >= 0.3 is 0 Å². The van der Waals surface area contributed by atoms with Crippen molar-refractivity contribution in [2.45, 2.75) is 12.5 Å². The van der Waals surface area contributed by atoms with Gasteiger partial charge in [-0.25, -0.2) is 4.39 Å². The molecule has 122 valence electrons. The summed E-state index contributed by atoms with van der Waals surface area (Å²) < 4.78 is 13.1. The lowest BCUT2D eigenvalue weighted by Gasteiger charge is -2.37. The second-order valence-electron chi connectivity index (χ2n) is 5.60. The molecule has 1 amide bonds. The molecule has 0 bridgehead atoms. The molecule has 0 spiro atoms. The fraction of sp³-hybridized carbons (Fsp3) is 0.533. The molecule has 0 radical (unpaired) electrons. The molecule has 4 nitrogen and oxygen atoms in total. The lowest BCUT2D eigenvalue weighted by atomic mass is 10.1. The Hall–Kier alpha value is -0.880. The molecule has 0 saturated carbocycles. The standard InChI is InChI=1S/C15H19ClFN3O.ClH/c16-14-9-11(17)1-2-13(14)15(21)20-7-5-19(6-8-20)12-3-4-18-10-12;/h1-2,9,12,18H,3-8,10H2;1H. The highest BCUT2D eigenvalue weighted by Crippen LogP contribution is 2.20.